The molecule has 2 rings (SSSR count). The first kappa shape index (κ1) is 7.49. The molecule has 1 aliphatic heterocycles. The molecule has 0 fully saturated rings. The number of hydrogen-bond donors (Lipinski definition) is 3. The van der Waals surface area contributed by atoms with E-state index in [-0.39, 0.29) is 5.88 Å². The SMILES string of the molecule is OC1=Cc2ccc(Br)cc2NN1. The van der Waals surface area contributed by atoms with Crippen LogP contribution in [0.25, 0.3) is 6.08 Å². The molecule has 4 heteroatoms. The number of halogens is 1. The van der Waals surface area contributed by atoms with Crippen molar-refractivity contribution in [2.24, 2.45) is 0 Å². The van der Waals surface area contributed by atoms with Crippen LogP contribution in [-0.2, 0) is 0 Å². The minimum atomic E-state index is 0.129. The third kappa shape index (κ3) is 1.25. The molecule has 0 aromatic heterocycles. The van der Waals surface area contributed by atoms with Gasteiger partial charge in [-0.1, -0.05) is 22.0 Å². The lowest BCUT2D eigenvalue weighted by molar-refractivity contribution is 0.379. The van der Waals surface area contributed by atoms with Gasteiger partial charge in [0.1, 0.15) is 0 Å². The number of hydrogen-bond acceptors (Lipinski definition) is 3. The third-order valence-corrected chi connectivity index (χ3v) is 2.13. The molecular formula is C8H7BrN2O. The number of anilines is 1. The first-order valence-electron chi connectivity index (χ1n) is 3.48. The summed E-state index contributed by atoms with van der Waals surface area (Å²) in [5.74, 6) is 0.129. The molecule has 0 unspecified atom stereocenters. The highest BCUT2D eigenvalue weighted by Gasteiger charge is 2.06. The Morgan fingerprint density at radius 2 is 2.08 bits per heavy atom. The zero-order valence-corrected chi connectivity index (χ0v) is 7.72. The Morgan fingerprint density at radius 3 is 2.92 bits per heavy atom. The topological polar surface area (TPSA) is 44.3 Å². The van der Waals surface area contributed by atoms with Crippen LogP contribution < -0.4 is 10.9 Å². The number of aliphatic hydroxyl groups is 1. The lowest BCUT2D eigenvalue weighted by Crippen LogP contribution is -2.24. The summed E-state index contributed by atoms with van der Waals surface area (Å²) >= 11 is 3.35. The van der Waals surface area contributed by atoms with Gasteiger partial charge in [-0.2, -0.15) is 0 Å². The number of aliphatic hydroxyl groups excluding tert-OH is 1. The van der Waals surface area contributed by atoms with Crippen molar-refractivity contribution in [2.75, 3.05) is 5.43 Å². The highest BCUT2D eigenvalue weighted by atomic mass is 79.9. The molecule has 1 aliphatic rings. The van der Waals surface area contributed by atoms with Gasteiger partial charge in [-0.25, -0.2) is 0 Å². The Bertz CT molecular complexity index is 349. The molecule has 12 heavy (non-hydrogen) atoms. The fourth-order valence-corrected chi connectivity index (χ4v) is 1.44. The summed E-state index contributed by atoms with van der Waals surface area (Å²) in [6.45, 7) is 0. The van der Waals surface area contributed by atoms with Crippen molar-refractivity contribution < 1.29 is 5.11 Å². The van der Waals surface area contributed by atoms with Gasteiger partial charge >= 0.3 is 0 Å². The smallest absolute Gasteiger partial charge is 0.203 e. The third-order valence-electron chi connectivity index (χ3n) is 1.63. The van der Waals surface area contributed by atoms with Crippen LogP contribution in [0.1, 0.15) is 5.56 Å². The maximum atomic E-state index is 9.10. The quantitative estimate of drug-likeness (QED) is 0.636. The zero-order chi connectivity index (χ0) is 8.55. The van der Waals surface area contributed by atoms with Gasteiger partial charge in [0.2, 0.25) is 5.88 Å². The summed E-state index contributed by atoms with van der Waals surface area (Å²) in [7, 11) is 0. The molecule has 62 valence electrons. The van der Waals surface area contributed by atoms with Crippen molar-refractivity contribution in [1.82, 2.24) is 5.43 Å². The molecule has 0 aliphatic carbocycles. The Hall–Kier alpha value is -1.16. The van der Waals surface area contributed by atoms with Crippen molar-refractivity contribution in [3.8, 4) is 0 Å². The predicted molar refractivity (Wildman–Crippen MR) is 51.5 cm³/mol. The maximum Gasteiger partial charge on any atom is 0.203 e. The highest BCUT2D eigenvalue weighted by molar-refractivity contribution is 9.10. The normalized spacial score (nSPS) is 13.9. The van der Waals surface area contributed by atoms with Gasteiger partial charge in [-0.15, -0.1) is 0 Å². The van der Waals surface area contributed by atoms with E-state index in [0.29, 0.717) is 0 Å². The van der Waals surface area contributed by atoms with Gasteiger partial charge in [0.05, 0.1) is 5.69 Å². The molecule has 0 atom stereocenters. The summed E-state index contributed by atoms with van der Waals surface area (Å²) in [5.41, 5.74) is 7.38. The average molecular weight is 227 g/mol. The van der Waals surface area contributed by atoms with E-state index in [1.165, 1.54) is 0 Å². The lowest BCUT2D eigenvalue weighted by Gasteiger charge is -2.16. The number of nitrogens with one attached hydrogen (secondary N) is 2. The molecule has 1 heterocycles. The van der Waals surface area contributed by atoms with Crippen LogP contribution in [0, 0.1) is 0 Å². The molecule has 1 aromatic carbocycles. The second-order valence-electron chi connectivity index (χ2n) is 2.51. The van der Waals surface area contributed by atoms with Crippen molar-refractivity contribution >= 4 is 27.7 Å². The van der Waals surface area contributed by atoms with Gasteiger partial charge in [0.15, 0.2) is 0 Å². The average Bonchev–Trinajstić information content (AvgIpc) is 2.05. The van der Waals surface area contributed by atoms with Crippen molar-refractivity contribution in [2.45, 2.75) is 0 Å². The monoisotopic (exact) mass is 226 g/mol. The Morgan fingerprint density at radius 1 is 1.25 bits per heavy atom. The highest BCUT2D eigenvalue weighted by Crippen LogP contribution is 2.24. The van der Waals surface area contributed by atoms with Crippen molar-refractivity contribution in [1.29, 1.82) is 0 Å². The number of hydrazine groups is 1. The van der Waals surface area contributed by atoms with Crippen molar-refractivity contribution in [3.63, 3.8) is 0 Å². The minimum Gasteiger partial charge on any atom is -0.494 e. The van der Waals surface area contributed by atoms with E-state index in [1.54, 1.807) is 6.08 Å². The van der Waals surface area contributed by atoms with Crippen molar-refractivity contribution in [3.05, 3.63) is 34.1 Å². The first-order chi connectivity index (χ1) is 5.75. The largest absolute Gasteiger partial charge is 0.494 e. The van der Waals surface area contributed by atoms with Crippen LogP contribution in [0.4, 0.5) is 5.69 Å². The summed E-state index contributed by atoms with van der Waals surface area (Å²) in [4.78, 5) is 0. The molecule has 0 saturated carbocycles. The van der Waals surface area contributed by atoms with E-state index in [2.05, 4.69) is 26.8 Å². The molecule has 0 spiro atoms. The van der Waals surface area contributed by atoms with Gasteiger partial charge in [-0.3, -0.25) is 10.9 Å². The molecule has 0 amide bonds. The standard InChI is InChI=1S/C8H7BrN2O/c9-6-2-1-5-3-8(12)11-10-7(5)4-6/h1-4,10-12H. The van der Waals surface area contributed by atoms with E-state index in [9.17, 15) is 0 Å². The number of fused-ring (bicyclic) bond motifs is 1. The second kappa shape index (κ2) is 2.71. The first-order valence-corrected chi connectivity index (χ1v) is 4.27. The fraction of sp³-hybridized carbons (Fsp3) is 0. The number of rotatable bonds is 0. The Balaban J connectivity index is 2.51. The molecule has 0 bridgehead atoms. The second-order valence-corrected chi connectivity index (χ2v) is 3.43. The summed E-state index contributed by atoms with van der Waals surface area (Å²) in [6, 6.07) is 5.78. The van der Waals surface area contributed by atoms with E-state index in [0.717, 1.165) is 15.7 Å². The van der Waals surface area contributed by atoms with E-state index in [4.69, 9.17) is 5.11 Å². The van der Waals surface area contributed by atoms with Gasteiger partial charge in [0, 0.05) is 16.1 Å². The van der Waals surface area contributed by atoms with Gasteiger partial charge in [0.25, 0.3) is 0 Å². The zero-order valence-electron chi connectivity index (χ0n) is 6.13. The molecule has 0 radical (unpaired) electrons. The fourth-order valence-electron chi connectivity index (χ4n) is 1.08. The Kier molecular flexibility index (Phi) is 1.69. The molecule has 1 aromatic rings. The van der Waals surface area contributed by atoms with Crippen LogP contribution in [0.2, 0.25) is 0 Å². The maximum absolute atomic E-state index is 9.10. The van der Waals surface area contributed by atoms with E-state index < -0.39 is 0 Å². The molecular weight excluding hydrogens is 220 g/mol. The van der Waals surface area contributed by atoms with Crippen LogP contribution in [0.15, 0.2) is 28.6 Å². The predicted octanol–water partition coefficient (Wildman–Crippen LogP) is 2.24. The minimum absolute atomic E-state index is 0.129. The van der Waals surface area contributed by atoms with Crippen LogP contribution in [0.3, 0.4) is 0 Å². The molecule has 3 nitrogen and oxygen atoms in total. The van der Waals surface area contributed by atoms with Crippen LogP contribution in [0.5, 0.6) is 0 Å². The van der Waals surface area contributed by atoms with Gasteiger partial charge in [-0.05, 0) is 12.1 Å². The molecule has 0 saturated heterocycles. The lowest BCUT2D eigenvalue weighted by atomic mass is 10.1. The summed E-state index contributed by atoms with van der Waals surface area (Å²) in [5, 5.41) is 9.10. The summed E-state index contributed by atoms with van der Waals surface area (Å²) in [6.07, 6.45) is 1.66. The van der Waals surface area contributed by atoms with E-state index >= 15 is 0 Å². The Labute approximate surface area is 78.2 Å². The van der Waals surface area contributed by atoms with E-state index in [1.807, 2.05) is 18.2 Å². The van der Waals surface area contributed by atoms with Gasteiger partial charge < -0.3 is 5.11 Å². The molecule has 3 N–H and O–H groups in total. The number of benzene rings is 1. The van der Waals surface area contributed by atoms with Crippen LogP contribution in [-0.4, -0.2) is 5.11 Å². The summed E-state index contributed by atoms with van der Waals surface area (Å²) < 4.78 is 1.00. The van der Waals surface area contributed by atoms with Crippen LogP contribution >= 0.6 is 15.9 Å².